The lowest BCUT2D eigenvalue weighted by Gasteiger charge is -2.41. The summed E-state index contributed by atoms with van der Waals surface area (Å²) in [6.45, 7) is 6.48. The van der Waals surface area contributed by atoms with Crippen molar-refractivity contribution < 1.29 is 4.74 Å². The highest BCUT2D eigenvalue weighted by Crippen LogP contribution is 2.37. The van der Waals surface area contributed by atoms with E-state index in [-0.39, 0.29) is 17.6 Å². The summed E-state index contributed by atoms with van der Waals surface area (Å²) in [5.41, 5.74) is 8.51. The van der Waals surface area contributed by atoms with E-state index in [1.54, 1.807) is 0 Å². The molecule has 1 aliphatic rings. The van der Waals surface area contributed by atoms with E-state index in [4.69, 9.17) is 10.5 Å². The van der Waals surface area contributed by atoms with Crippen LogP contribution in [0.5, 0.6) is 5.75 Å². The van der Waals surface area contributed by atoms with Crippen LogP contribution in [0.1, 0.15) is 38.8 Å². The number of para-hydroxylation sites is 1. The van der Waals surface area contributed by atoms with E-state index in [0.717, 1.165) is 28.8 Å². The molecule has 1 aliphatic carbocycles. The maximum Gasteiger partial charge on any atom is 0.146 e. The molecule has 2 N–H and O–H groups in total. The van der Waals surface area contributed by atoms with E-state index >= 15 is 0 Å². The van der Waals surface area contributed by atoms with Crippen LogP contribution in [0.4, 0.5) is 0 Å². The standard InChI is InChI=1S/C18H24N2O/c1-12-9-10-13-6-4-7-14(16(13)20-12)21-15-8-5-11-18(2,3)17(15)19/h4,6-7,9-10,15,17H,5,8,11,19H2,1-3H3. The normalized spacial score (nSPS) is 25.0. The molecule has 0 amide bonds. The number of benzene rings is 1. The largest absolute Gasteiger partial charge is 0.487 e. The average Bonchev–Trinajstić information content (AvgIpc) is 2.44. The fourth-order valence-electron chi connectivity index (χ4n) is 3.22. The lowest BCUT2D eigenvalue weighted by atomic mass is 9.72. The van der Waals surface area contributed by atoms with Gasteiger partial charge in [0.05, 0.1) is 0 Å². The summed E-state index contributed by atoms with van der Waals surface area (Å²) in [5.74, 6) is 0.856. The van der Waals surface area contributed by atoms with Crippen LogP contribution in [0, 0.1) is 12.3 Å². The molecule has 0 bridgehead atoms. The van der Waals surface area contributed by atoms with Crippen molar-refractivity contribution in [3.05, 3.63) is 36.0 Å². The third kappa shape index (κ3) is 2.75. The molecule has 2 atom stereocenters. The maximum absolute atomic E-state index is 6.43. The molecule has 3 heteroatoms. The minimum atomic E-state index is 0.0614. The lowest BCUT2D eigenvalue weighted by Crippen LogP contribution is -2.51. The smallest absolute Gasteiger partial charge is 0.146 e. The van der Waals surface area contributed by atoms with E-state index < -0.39 is 0 Å². The topological polar surface area (TPSA) is 48.1 Å². The molecule has 1 aromatic heterocycles. The van der Waals surface area contributed by atoms with Gasteiger partial charge in [0.25, 0.3) is 0 Å². The number of nitrogens with zero attached hydrogens (tertiary/aromatic N) is 1. The van der Waals surface area contributed by atoms with E-state index in [9.17, 15) is 0 Å². The Labute approximate surface area is 126 Å². The van der Waals surface area contributed by atoms with Gasteiger partial charge in [-0.3, -0.25) is 0 Å². The quantitative estimate of drug-likeness (QED) is 0.911. The van der Waals surface area contributed by atoms with Gasteiger partial charge in [0.15, 0.2) is 0 Å². The number of rotatable bonds is 2. The van der Waals surface area contributed by atoms with E-state index in [1.165, 1.54) is 12.8 Å². The molecule has 0 saturated heterocycles. The Kier molecular flexibility index (Phi) is 3.62. The zero-order valence-electron chi connectivity index (χ0n) is 13.1. The van der Waals surface area contributed by atoms with Gasteiger partial charge in [-0.05, 0) is 43.7 Å². The SMILES string of the molecule is Cc1ccc2cccc(OC3CCCC(C)(C)C3N)c2n1. The predicted octanol–water partition coefficient (Wildman–Crippen LogP) is 3.83. The van der Waals surface area contributed by atoms with Crippen molar-refractivity contribution >= 4 is 10.9 Å². The fourth-order valence-corrected chi connectivity index (χ4v) is 3.22. The van der Waals surface area contributed by atoms with Crippen LogP contribution in [-0.2, 0) is 0 Å². The molecule has 0 aliphatic heterocycles. The Balaban J connectivity index is 1.93. The number of aromatic nitrogens is 1. The van der Waals surface area contributed by atoms with Crippen LogP contribution in [0.2, 0.25) is 0 Å². The molecule has 112 valence electrons. The van der Waals surface area contributed by atoms with Crippen molar-refractivity contribution in [2.45, 2.75) is 52.2 Å². The number of pyridine rings is 1. The fraction of sp³-hybridized carbons (Fsp3) is 0.500. The first kappa shape index (κ1) is 14.3. The zero-order chi connectivity index (χ0) is 15.0. The lowest BCUT2D eigenvalue weighted by molar-refractivity contribution is 0.0577. The van der Waals surface area contributed by atoms with E-state index in [1.807, 2.05) is 25.1 Å². The molecule has 0 radical (unpaired) electrons. The van der Waals surface area contributed by atoms with Crippen molar-refractivity contribution in [1.29, 1.82) is 0 Å². The summed E-state index contributed by atoms with van der Waals surface area (Å²) in [6, 6.07) is 10.3. The zero-order valence-corrected chi connectivity index (χ0v) is 13.1. The van der Waals surface area contributed by atoms with Gasteiger partial charge in [-0.1, -0.05) is 32.0 Å². The molecule has 2 unspecified atom stereocenters. The third-order valence-electron chi connectivity index (χ3n) is 4.71. The molecule has 21 heavy (non-hydrogen) atoms. The van der Waals surface area contributed by atoms with Gasteiger partial charge in [-0.25, -0.2) is 4.98 Å². The summed E-state index contributed by atoms with van der Waals surface area (Å²) in [4.78, 5) is 4.64. The Morgan fingerprint density at radius 1 is 1.24 bits per heavy atom. The van der Waals surface area contributed by atoms with Crippen LogP contribution >= 0.6 is 0 Å². The van der Waals surface area contributed by atoms with Gasteiger partial charge in [0, 0.05) is 17.1 Å². The molecular weight excluding hydrogens is 260 g/mol. The van der Waals surface area contributed by atoms with Crippen molar-refractivity contribution in [2.24, 2.45) is 11.1 Å². The number of aryl methyl sites for hydroxylation is 1. The van der Waals surface area contributed by atoms with Crippen LogP contribution in [0.25, 0.3) is 10.9 Å². The average molecular weight is 284 g/mol. The molecule has 3 nitrogen and oxygen atoms in total. The van der Waals surface area contributed by atoms with Crippen molar-refractivity contribution in [2.75, 3.05) is 0 Å². The summed E-state index contributed by atoms with van der Waals surface area (Å²) in [7, 11) is 0. The number of nitrogens with two attached hydrogens (primary N) is 1. The van der Waals surface area contributed by atoms with Gasteiger partial charge in [-0.2, -0.15) is 0 Å². The molecule has 1 aromatic carbocycles. The van der Waals surface area contributed by atoms with Crippen molar-refractivity contribution in [3.8, 4) is 5.75 Å². The minimum absolute atomic E-state index is 0.0614. The van der Waals surface area contributed by atoms with Crippen LogP contribution < -0.4 is 10.5 Å². The van der Waals surface area contributed by atoms with Crippen molar-refractivity contribution in [1.82, 2.24) is 4.98 Å². The molecule has 1 fully saturated rings. The monoisotopic (exact) mass is 284 g/mol. The summed E-state index contributed by atoms with van der Waals surface area (Å²) < 4.78 is 6.28. The number of fused-ring (bicyclic) bond motifs is 1. The summed E-state index contributed by atoms with van der Waals surface area (Å²) in [6.07, 6.45) is 3.43. The van der Waals surface area contributed by atoms with Gasteiger partial charge < -0.3 is 10.5 Å². The predicted molar refractivity (Wildman–Crippen MR) is 86.5 cm³/mol. The highest BCUT2D eigenvalue weighted by Gasteiger charge is 2.37. The number of hydrogen-bond acceptors (Lipinski definition) is 3. The second kappa shape index (κ2) is 5.30. The maximum atomic E-state index is 6.43. The minimum Gasteiger partial charge on any atom is -0.487 e. The summed E-state index contributed by atoms with van der Waals surface area (Å²) in [5, 5.41) is 1.11. The van der Waals surface area contributed by atoms with Crippen LogP contribution in [-0.4, -0.2) is 17.1 Å². The Hall–Kier alpha value is -1.61. The first-order valence-electron chi connectivity index (χ1n) is 7.76. The van der Waals surface area contributed by atoms with Gasteiger partial charge in [0.1, 0.15) is 17.4 Å². The van der Waals surface area contributed by atoms with Crippen LogP contribution in [0.15, 0.2) is 30.3 Å². The molecule has 3 rings (SSSR count). The van der Waals surface area contributed by atoms with E-state index in [0.29, 0.717) is 0 Å². The second-order valence-electron chi connectivity index (χ2n) is 6.84. The first-order valence-corrected chi connectivity index (χ1v) is 7.76. The molecule has 1 saturated carbocycles. The highest BCUT2D eigenvalue weighted by atomic mass is 16.5. The first-order chi connectivity index (χ1) is 9.97. The van der Waals surface area contributed by atoms with Gasteiger partial charge >= 0.3 is 0 Å². The van der Waals surface area contributed by atoms with Crippen molar-refractivity contribution in [3.63, 3.8) is 0 Å². The second-order valence-corrected chi connectivity index (χ2v) is 6.84. The molecular formula is C18H24N2O. The third-order valence-corrected chi connectivity index (χ3v) is 4.71. The highest BCUT2D eigenvalue weighted by molar-refractivity contribution is 5.84. The Morgan fingerprint density at radius 3 is 2.86 bits per heavy atom. The summed E-state index contributed by atoms with van der Waals surface area (Å²) >= 11 is 0. The van der Waals surface area contributed by atoms with E-state index in [2.05, 4.69) is 31.0 Å². The number of hydrogen-bond donors (Lipinski definition) is 1. The molecule has 2 aromatic rings. The molecule has 0 spiro atoms. The molecule has 1 heterocycles. The van der Waals surface area contributed by atoms with Gasteiger partial charge in [-0.15, -0.1) is 0 Å². The Morgan fingerprint density at radius 2 is 2.05 bits per heavy atom. The Bertz CT molecular complexity index is 651. The van der Waals surface area contributed by atoms with Gasteiger partial charge in [0.2, 0.25) is 0 Å². The van der Waals surface area contributed by atoms with Crippen LogP contribution in [0.3, 0.4) is 0 Å². The number of ether oxygens (including phenoxy) is 1.